The van der Waals surface area contributed by atoms with Crippen LogP contribution in [0.4, 0.5) is 4.39 Å². The van der Waals surface area contributed by atoms with Gasteiger partial charge in [-0.1, -0.05) is 0 Å². The summed E-state index contributed by atoms with van der Waals surface area (Å²) in [5.41, 5.74) is -0.824. The highest BCUT2D eigenvalue weighted by atomic mass is 19.1. The number of carbonyl (C=O) groups is 1. The summed E-state index contributed by atoms with van der Waals surface area (Å²) in [6, 6.07) is 0. The Morgan fingerprint density at radius 2 is 2.30 bits per heavy atom. The number of nitrogens with zero attached hydrogens (tertiary/aromatic N) is 1. The first-order valence-corrected chi connectivity index (χ1v) is 6.13. The van der Waals surface area contributed by atoms with Gasteiger partial charge in [0.1, 0.15) is 25.1 Å². The lowest BCUT2D eigenvalue weighted by molar-refractivity contribution is -0.146. The number of aryl methyl sites for hydroxylation is 1. The fourth-order valence-corrected chi connectivity index (χ4v) is 2.01. The molecule has 0 amide bonds. The normalized spacial score (nSPS) is 25.6. The van der Waals surface area contributed by atoms with E-state index in [-0.39, 0.29) is 13.0 Å². The van der Waals surface area contributed by atoms with Crippen molar-refractivity contribution in [3.05, 3.63) is 32.6 Å². The molecule has 0 spiro atoms. The molecule has 110 valence electrons. The molecule has 2 rings (SSSR count). The Hall–Kier alpha value is -1.96. The third-order valence-corrected chi connectivity index (χ3v) is 3.07. The first kappa shape index (κ1) is 14.4. The molecule has 1 aliphatic rings. The van der Waals surface area contributed by atoms with E-state index in [0.717, 1.165) is 4.57 Å². The smallest absolute Gasteiger partial charge is 0.330 e. The largest absolute Gasteiger partial charge is 0.463 e. The maximum atomic E-state index is 13.8. The van der Waals surface area contributed by atoms with E-state index in [1.165, 1.54) is 20.0 Å². The molecule has 3 atom stereocenters. The van der Waals surface area contributed by atoms with E-state index < -0.39 is 35.7 Å². The van der Waals surface area contributed by atoms with Crippen molar-refractivity contribution in [1.82, 2.24) is 9.55 Å². The fourth-order valence-electron chi connectivity index (χ4n) is 2.01. The van der Waals surface area contributed by atoms with Gasteiger partial charge in [-0.3, -0.25) is 19.1 Å². The van der Waals surface area contributed by atoms with E-state index in [0.29, 0.717) is 5.56 Å². The molecule has 1 fully saturated rings. The second kappa shape index (κ2) is 5.58. The highest BCUT2D eigenvalue weighted by Crippen LogP contribution is 2.30. The van der Waals surface area contributed by atoms with Crippen molar-refractivity contribution in [3.63, 3.8) is 0 Å². The molecule has 1 aromatic rings. The van der Waals surface area contributed by atoms with Crippen molar-refractivity contribution in [2.75, 3.05) is 6.61 Å². The Labute approximate surface area is 113 Å². The van der Waals surface area contributed by atoms with Crippen LogP contribution >= 0.6 is 0 Å². The molecule has 0 unspecified atom stereocenters. The number of carbonyl (C=O) groups excluding carboxylic acids is 1. The number of hydrogen-bond donors (Lipinski definition) is 1. The third kappa shape index (κ3) is 2.96. The molecule has 8 heteroatoms. The van der Waals surface area contributed by atoms with Gasteiger partial charge in [0.05, 0.1) is 0 Å². The van der Waals surface area contributed by atoms with Crippen LogP contribution in [0.2, 0.25) is 0 Å². The zero-order chi connectivity index (χ0) is 14.9. The van der Waals surface area contributed by atoms with E-state index in [1.54, 1.807) is 0 Å². The summed E-state index contributed by atoms with van der Waals surface area (Å²) >= 11 is 0. The van der Waals surface area contributed by atoms with Crippen LogP contribution < -0.4 is 11.2 Å². The molecule has 0 bridgehead atoms. The summed E-state index contributed by atoms with van der Waals surface area (Å²) < 4.78 is 25.0. The molecular weight excluding hydrogens is 271 g/mol. The van der Waals surface area contributed by atoms with Gasteiger partial charge >= 0.3 is 11.7 Å². The minimum absolute atomic E-state index is 0.0443. The minimum Gasteiger partial charge on any atom is -0.463 e. The summed E-state index contributed by atoms with van der Waals surface area (Å²) in [5, 5.41) is 0. The second-order valence-corrected chi connectivity index (χ2v) is 4.66. The van der Waals surface area contributed by atoms with Crippen LogP contribution in [-0.4, -0.2) is 34.4 Å². The van der Waals surface area contributed by atoms with Gasteiger partial charge in [0.25, 0.3) is 5.56 Å². The minimum atomic E-state index is -1.35. The zero-order valence-corrected chi connectivity index (χ0v) is 11.1. The zero-order valence-electron chi connectivity index (χ0n) is 11.1. The highest BCUT2D eigenvalue weighted by Gasteiger charge is 2.37. The second-order valence-electron chi connectivity index (χ2n) is 4.66. The standard InChI is InChI=1S/C12H15FN2O5/c1-6-4-15(12(18)14-11(6)17)10-3-8(13)9(20-10)5-19-7(2)16/h4,8-10H,3,5H2,1-2H3,(H,14,17,18)/t8-,9+,10+/m0/s1. The van der Waals surface area contributed by atoms with Gasteiger partial charge in [-0.15, -0.1) is 0 Å². The lowest BCUT2D eigenvalue weighted by atomic mass is 10.2. The van der Waals surface area contributed by atoms with E-state index >= 15 is 0 Å². The third-order valence-electron chi connectivity index (χ3n) is 3.07. The van der Waals surface area contributed by atoms with Crippen molar-refractivity contribution >= 4 is 5.97 Å². The number of aromatic nitrogens is 2. The molecule has 0 radical (unpaired) electrons. The van der Waals surface area contributed by atoms with Crippen LogP contribution in [0.25, 0.3) is 0 Å². The van der Waals surface area contributed by atoms with Crippen LogP contribution in [0.3, 0.4) is 0 Å². The number of H-pyrrole nitrogens is 1. The van der Waals surface area contributed by atoms with Crippen LogP contribution in [0.5, 0.6) is 0 Å². The maximum Gasteiger partial charge on any atom is 0.330 e. The van der Waals surface area contributed by atoms with Gasteiger partial charge in [0, 0.05) is 25.1 Å². The van der Waals surface area contributed by atoms with Crippen molar-refractivity contribution in [3.8, 4) is 0 Å². The molecule has 1 saturated heterocycles. The molecule has 0 saturated carbocycles. The molecule has 20 heavy (non-hydrogen) atoms. The quantitative estimate of drug-likeness (QED) is 0.792. The molecule has 1 aromatic heterocycles. The van der Waals surface area contributed by atoms with Crippen LogP contribution in [0.1, 0.15) is 25.1 Å². The molecule has 1 aliphatic heterocycles. The van der Waals surface area contributed by atoms with Gasteiger partial charge in [-0.25, -0.2) is 9.18 Å². The predicted octanol–water partition coefficient (Wildman–Crippen LogP) is 0.0337. The molecular formula is C12H15FN2O5. The number of alkyl halides is 1. The average molecular weight is 286 g/mol. The topological polar surface area (TPSA) is 90.4 Å². The summed E-state index contributed by atoms with van der Waals surface area (Å²) in [4.78, 5) is 35.8. The number of ether oxygens (including phenoxy) is 2. The van der Waals surface area contributed by atoms with Gasteiger partial charge < -0.3 is 9.47 Å². The Bertz CT molecular complexity index is 623. The number of hydrogen-bond acceptors (Lipinski definition) is 5. The average Bonchev–Trinajstić information content (AvgIpc) is 2.72. The van der Waals surface area contributed by atoms with Gasteiger partial charge in [0.15, 0.2) is 0 Å². The molecule has 7 nitrogen and oxygen atoms in total. The van der Waals surface area contributed by atoms with Crippen molar-refractivity contribution in [1.29, 1.82) is 0 Å². The Kier molecular flexibility index (Phi) is 4.03. The SMILES string of the molecule is CC(=O)OC[C@H]1O[C@@H](n2cc(C)c(=O)[nH]c2=O)C[C@@H]1F. The maximum absolute atomic E-state index is 13.8. The van der Waals surface area contributed by atoms with E-state index in [1.807, 2.05) is 0 Å². The van der Waals surface area contributed by atoms with Crippen LogP contribution in [0.15, 0.2) is 15.8 Å². The van der Waals surface area contributed by atoms with Crippen molar-refractivity contribution in [2.24, 2.45) is 0 Å². The van der Waals surface area contributed by atoms with Gasteiger partial charge in [-0.05, 0) is 6.92 Å². The number of rotatable bonds is 3. The summed E-state index contributed by atoms with van der Waals surface area (Å²) in [6.07, 6.45) is -1.81. The monoisotopic (exact) mass is 286 g/mol. The van der Waals surface area contributed by atoms with Crippen LogP contribution in [-0.2, 0) is 14.3 Å². The number of aromatic amines is 1. The number of halogens is 1. The van der Waals surface area contributed by atoms with Crippen molar-refractivity contribution < 1.29 is 18.7 Å². The molecule has 2 heterocycles. The van der Waals surface area contributed by atoms with Crippen molar-refractivity contribution in [2.45, 2.75) is 38.8 Å². The summed E-state index contributed by atoms with van der Waals surface area (Å²) in [5.74, 6) is -0.527. The highest BCUT2D eigenvalue weighted by molar-refractivity contribution is 5.65. The Morgan fingerprint density at radius 1 is 1.60 bits per heavy atom. The van der Waals surface area contributed by atoms with E-state index in [4.69, 9.17) is 9.47 Å². The predicted molar refractivity (Wildman–Crippen MR) is 66.1 cm³/mol. The fraction of sp³-hybridized carbons (Fsp3) is 0.583. The van der Waals surface area contributed by atoms with E-state index in [2.05, 4.69) is 4.98 Å². The molecule has 1 N–H and O–H groups in total. The molecule has 0 aromatic carbocycles. The first-order chi connectivity index (χ1) is 9.38. The Morgan fingerprint density at radius 3 is 2.95 bits per heavy atom. The molecule has 0 aliphatic carbocycles. The summed E-state index contributed by atoms with van der Waals surface area (Å²) in [7, 11) is 0. The number of nitrogens with one attached hydrogen (secondary N) is 1. The lowest BCUT2D eigenvalue weighted by Crippen LogP contribution is -2.33. The van der Waals surface area contributed by atoms with Gasteiger partial charge in [-0.2, -0.15) is 0 Å². The summed E-state index contributed by atoms with van der Waals surface area (Å²) in [6.45, 7) is 2.55. The first-order valence-electron chi connectivity index (χ1n) is 6.13. The van der Waals surface area contributed by atoms with Crippen LogP contribution in [0, 0.1) is 6.92 Å². The number of esters is 1. The Balaban J connectivity index is 2.16. The van der Waals surface area contributed by atoms with E-state index in [9.17, 15) is 18.8 Å². The van der Waals surface area contributed by atoms with Gasteiger partial charge in [0.2, 0.25) is 0 Å². The lowest BCUT2D eigenvalue weighted by Gasteiger charge is -2.15.